The van der Waals surface area contributed by atoms with E-state index in [1.165, 1.54) is 7.11 Å². The molecule has 1 fully saturated rings. The number of rotatable bonds is 10. The normalized spacial score (nSPS) is 17.8. The summed E-state index contributed by atoms with van der Waals surface area (Å²) in [6, 6.07) is 27.2. The fraction of sp³-hybridized carbons (Fsp3) is 0.276. The lowest BCUT2D eigenvalue weighted by Gasteiger charge is -2.20. The van der Waals surface area contributed by atoms with Crippen LogP contribution in [0.25, 0.3) is 0 Å². The van der Waals surface area contributed by atoms with Crippen LogP contribution in [0.2, 0.25) is 0 Å². The van der Waals surface area contributed by atoms with Crippen molar-refractivity contribution in [2.75, 3.05) is 7.11 Å². The van der Waals surface area contributed by atoms with Gasteiger partial charge in [-0.25, -0.2) is 9.59 Å². The minimum atomic E-state index is -0.787. The third-order valence-corrected chi connectivity index (χ3v) is 6.33. The van der Waals surface area contributed by atoms with Gasteiger partial charge in [0.05, 0.1) is 13.2 Å². The monoisotopic (exact) mass is 486 g/mol. The average molecular weight is 487 g/mol. The second-order valence-electron chi connectivity index (χ2n) is 8.87. The molecule has 1 aliphatic carbocycles. The highest BCUT2D eigenvalue weighted by Crippen LogP contribution is 2.47. The molecular weight excluding hydrogens is 456 g/mol. The SMILES string of the molecule is COC(=O)[C@H](Cc1ccccc1)NC(=O)[C@@H]1C[C@H]1[C@H](NC(=O)OCc1ccccc1)c1ccccc1. The molecule has 0 unspecified atom stereocenters. The Labute approximate surface area is 210 Å². The molecule has 0 saturated heterocycles. The molecule has 0 bridgehead atoms. The Morgan fingerprint density at radius 3 is 2.03 bits per heavy atom. The van der Waals surface area contributed by atoms with Crippen molar-refractivity contribution in [2.24, 2.45) is 11.8 Å². The molecule has 0 aromatic heterocycles. The van der Waals surface area contributed by atoms with Crippen LogP contribution in [0, 0.1) is 11.8 Å². The fourth-order valence-electron chi connectivity index (χ4n) is 4.34. The van der Waals surface area contributed by atoms with Crippen LogP contribution in [-0.2, 0) is 32.1 Å². The van der Waals surface area contributed by atoms with Crippen LogP contribution in [0.3, 0.4) is 0 Å². The number of methoxy groups -OCH3 is 1. The first-order chi connectivity index (χ1) is 17.5. The highest BCUT2D eigenvalue weighted by atomic mass is 16.5. The molecule has 7 nitrogen and oxygen atoms in total. The zero-order valence-electron chi connectivity index (χ0n) is 20.1. The lowest BCUT2D eigenvalue weighted by Crippen LogP contribution is -2.44. The van der Waals surface area contributed by atoms with Gasteiger partial charge in [0.2, 0.25) is 5.91 Å². The van der Waals surface area contributed by atoms with Crippen LogP contribution < -0.4 is 10.6 Å². The van der Waals surface area contributed by atoms with Gasteiger partial charge in [0.15, 0.2) is 0 Å². The van der Waals surface area contributed by atoms with Crippen LogP contribution >= 0.6 is 0 Å². The van der Waals surface area contributed by atoms with E-state index in [2.05, 4.69) is 10.6 Å². The Balaban J connectivity index is 1.40. The second-order valence-corrected chi connectivity index (χ2v) is 8.87. The topological polar surface area (TPSA) is 93.7 Å². The lowest BCUT2D eigenvalue weighted by atomic mass is 10.0. The van der Waals surface area contributed by atoms with Crippen molar-refractivity contribution in [3.63, 3.8) is 0 Å². The lowest BCUT2D eigenvalue weighted by molar-refractivity contribution is -0.145. The van der Waals surface area contributed by atoms with Crippen molar-refractivity contribution in [1.29, 1.82) is 0 Å². The first kappa shape index (κ1) is 25.0. The molecule has 36 heavy (non-hydrogen) atoms. The first-order valence-electron chi connectivity index (χ1n) is 12.0. The van der Waals surface area contributed by atoms with Crippen LogP contribution in [0.1, 0.15) is 29.2 Å². The summed E-state index contributed by atoms with van der Waals surface area (Å²) in [4.78, 5) is 38.1. The van der Waals surface area contributed by atoms with Gasteiger partial charge in [-0.2, -0.15) is 0 Å². The Hall–Kier alpha value is -4.13. The van der Waals surface area contributed by atoms with Crippen LogP contribution in [0.4, 0.5) is 4.79 Å². The van der Waals surface area contributed by atoms with Gasteiger partial charge < -0.3 is 20.1 Å². The van der Waals surface area contributed by atoms with Gasteiger partial charge in [0.1, 0.15) is 12.6 Å². The predicted octanol–water partition coefficient (Wildman–Crippen LogP) is 4.19. The maximum atomic E-state index is 13.1. The number of ether oxygens (including phenoxy) is 2. The van der Waals surface area contributed by atoms with Crippen molar-refractivity contribution in [2.45, 2.75) is 31.5 Å². The average Bonchev–Trinajstić information content (AvgIpc) is 3.72. The smallest absolute Gasteiger partial charge is 0.407 e. The predicted molar refractivity (Wildman–Crippen MR) is 135 cm³/mol. The Morgan fingerprint density at radius 2 is 1.42 bits per heavy atom. The molecule has 1 aliphatic rings. The quantitative estimate of drug-likeness (QED) is 0.419. The van der Waals surface area contributed by atoms with Gasteiger partial charge in [-0.15, -0.1) is 0 Å². The Bertz CT molecular complexity index is 1150. The van der Waals surface area contributed by atoms with Crippen molar-refractivity contribution in [3.8, 4) is 0 Å². The Kier molecular flexibility index (Phi) is 8.34. The maximum Gasteiger partial charge on any atom is 0.407 e. The molecule has 4 atom stereocenters. The van der Waals surface area contributed by atoms with Crippen LogP contribution in [0.5, 0.6) is 0 Å². The van der Waals surface area contributed by atoms with E-state index in [0.29, 0.717) is 12.8 Å². The number of amides is 2. The molecular formula is C29H30N2O5. The zero-order valence-corrected chi connectivity index (χ0v) is 20.1. The van der Waals surface area contributed by atoms with E-state index >= 15 is 0 Å². The third-order valence-electron chi connectivity index (χ3n) is 6.33. The minimum absolute atomic E-state index is 0.119. The molecule has 3 aromatic rings. The number of carbonyl (C=O) groups is 3. The summed E-state index contributed by atoms with van der Waals surface area (Å²) >= 11 is 0. The molecule has 3 aromatic carbocycles. The van der Waals surface area contributed by atoms with E-state index in [9.17, 15) is 14.4 Å². The number of alkyl carbamates (subject to hydrolysis) is 1. The molecule has 2 amide bonds. The van der Waals surface area contributed by atoms with E-state index < -0.39 is 24.1 Å². The minimum Gasteiger partial charge on any atom is -0.467 e. The van der Waals surface area contributed by atoms with E-state index in [1.54, 1.807) is 0 Å². The summed E-state index contributed by atoms with van der Waals surface area (Å²) < 4.78 is 10.3. The first-order valence-corrected chi connectivity index (χ1v) is 12.0. The van der Waals surface area contributed by atoms with Crippen molar-refractivity contribution >= 4 is 18.0 Å². The summed E-state index contributed by atoms with van der Waals surface area (Å²) in [6.45, 7) is 0.156. The number of hydrogen-bond acceptors (Lipinski definition) is 5. The van der Waals surface area contributed by atoms with Gasteiger partial charge in [-0.05, 0) is 29.0 Å². The standard InChI is InChI=1S/C29H30N2O5/c1-35-28(33)25(17-20-11-5-2-6-12-20)30-27(32)24-18-23(24)26(22-15-9-4-10-16-22)31-29(34)36-19-21-13-7-3-8-14-21/h2-16,23-26H,17-19H2,1H3,(H,30,32)(H,31,34)/t23-,24-,25+,26-/m1/s1. The number of esters is 1. The second kappa shape index (κ2) is 12.0. The fourth-order valence-corrected chi connectivity index (χ4v) is 4.34. The molecule has 0 radical (unpaired) electrons. The Morgan fingerprint density at radius 1 is 0.833 bits per heavy atom. The third kappa shape index (κ3) is 6.72. The largest absolute Gasteiger partial charge is 0.467 e. The molecule has 2 N–H and O–H groups in total. The summed E-state index contributed by atoms with van der Waals surface area (Å²) in [7, 11) is 1.31. The summed E-state index contributed by atoms with van der Waals surface area (Å²) in [5, 5.41) is 5.80. The molecule has 0 spiro atoms. The van der Waals surface area contributed by atoms with Crippen molar-refractivity contribution in [1.82, 2.24) is 10.6 Å². The van der Waals surface area contributed by atoms with Crippen LogP contribution in [0.15, 0.2) is 91.0 Å². The molecule has 186 valence electrons. The summed E-state index contributed by atoms with van der Waals surface area (Å²) in [5.41, 5.74) is 2.70. The number of hydrogen-bond donors (Lipinski definition) is 2. The van der Waals surface area contributed by atoms with Crippen molar-refractivity contribution < 1.29 is 23.9 Å². The number of nitrogens with one attached hydrogen (secondary N) is 2. The maximum absolute atomic E-state index is 13.1. The summed E-state index contributed by atoms with van der Waals surface area (Å²) in [6.07, 6.45) is 0.377. The highest BCUT2D eigenvalue weighted by Gasteiger charge is 2.49. The molecule has 7 heteroatoms. The highest BCUT2D eigenvalue weighted by molar-refractivity contribution is 5.87. The molecule has 4 rings (SSSR count). The van der Waals surface area contributed by atoms with E-state index in [-0.39, 0.29) is 24.3 Å². The van der Waals surface area contributed by atoms with Gasteiger partial charge >= 0.3 is 12.1 Å². The van der Waals surface area contributed by atoms with E-state index in [1.807, 2.05) is 91.0 Å². The number of carbonyl (C=O) groups excluding carboxylic acids is 3. The molecule has 1 saturated carbocycles. The van der Waals surface area contributed by atoms with Gasteiger partial charge in [-0.3, -0.25) is 4.79 Å². The van der Waals surface area contributed by atoms with Gasteiger partial charge in [-0.1, -0.05) is 91.0 Å². The molecule has 0 aliphatic heterocycles. The number of benzene rings is 3. The summed E-state index contributed by atoms with van der Waals surface area (Å²) in [5.74, 6) is -1.18. The van der Waals surface area contributed by atoms with E-state index in [4.69, 9.17) is 9.47 Å². The van der Waals surface area contributed by atoms with E-state index in [0.717, 1.165) is 16.7 Å². The zero-order chi connectivity index (χ0) is 25.3. The molecule has 0 heterocycles. The van der Waals surface area contributed by atoms with Crippen molar-refractivity contribution in [3.05, 3.63) is 108 Å². The van der Waals surface area contributed by atoms with Crippen LogP contribution in [-0.4, -0.2) is 31.1 Å². The van der Waals surface area contributed by atoms with Gasteiger partial charge in [0.25, 0.3) is 0 Å². The van der Waals surface area contributed by atoms with Gasteiger partial charge in [0, 0.05) is 12.3 Å².